The quantitative estimate of drug-likeness (QED) is 0.481. The van der Waals surface area contributed by atoms with E-state index in [0.29, 0.717) is 27.8 Å². The molecular weight excluding hydrogens is 421 g/mol. The van der Waals surface area contributed by atoms with Gasteiger partial charge < -0.3 is 5.32 Å². The van der Waals surface area contributed by atoms with Crippen LogP contribution in [0, 0.1) is 5.82 Å². The third kappa shape index (κ3) is 4.69. The highest BCUT2D eigenvalue weighted by Gasteiger charge is 2.15. The zero-order valence-corrected chi connectivity index (χ0v) is 17.2. The molecule has 0 radical (unpaired) electrons. The number of rotatable bonds is 6. The van der Waals surface area contributed by atoms with E-state index >= 15 is 0 Å². The minimum Gasteiger partial charge on any atom is -0.348 e. The molecule has 31 heavy (non-hydrogen) atoms. The first kappa shape index (κ1) is 20.5. The van der Waals surface area contributed by atoms with E-state index in [1.165, 1.54) is 18.3 Å². The Labute approximate surface area is 177 Å². The highest BCUT2D eigenvalue weighted by Crippen LogP contribution is 2.21. The summed E-state index contributed by atoms with van der Waals surface area (Å²) in [6.45, 7) is 0.250. The average molecular weight is 439 g/mol. The number of hydrogen-bond acceptors (Lipinski definition) is 5. The predicted molar refractivity (Wildman–Crippen MR) is 115 cm³/mol. The number of nitrogens with zero attached hydrogens (tertiary/aromatic N) is 3. The number of benzene rings is 2. The van der Waals surface area contributed by atoms with Crippen molar-refractivity contribution in [2.24, 2.45) is 0 Å². The molecule has 158 valence electrons. The first-order valence-electron chi connectivity index (χ1n) is 9.23. The normalized spacial score (nSPS) is 11.4. The first-order chi connectivity index (χ1) is 14.8. The van der Waals surface area contributed by atoms with E-state index in [4.69, 9.17) is 0 Å². The number of aromatic nitrogens is 3. The summed E-state index contributed by atoms with van der Waals surface area (Å²) in [5.74, 6) is -0.673. The lowest BCUT2D eigenvalue weighted by Crippen LogP contribution is -2.23. The molecule has 8 nitrogen and oxygen atoms in total. The molecule has 4 rings (SSSR count). The number of sulfonamides is 1. The molecule has 0 aliphatic heterocycles. The van der Waals surface area contributed by atoms with Gasteiger partial charge in [-0.15, -0.1) is 0 Å². The molecule has 0 spiro atoms. The molecule has 0 aliphatic rings. The van der Waals surface area contributed by atoms with Gasteiger partial charge in [0.25, 0.3) is 5.91 Å². The Kier molecular flexibility index (Phi) is 5.38. The van der Waals surface area contributed by atoms with Gasteiger partial charge in [0, 0.05) is 23.8 Å². The van der Waals surface area contributed by atoms with E-state index in [1.54, 1.807) is 53.5 Å². The Morgan fingerprint density at radius 2 is 1.74 bits per heavy atom. The minimum atomic E-state index is -3.35. The lowest BCUT2D eigenvalue weighted by Gasteiger charge is -2.08. The van der Waals surface area contributed by atoms with Gasteiger partial charge in [0.05, 0.1) is 35.4 Å². The van der Waals surface area contributed by atoms with Crippen LogP contribution in [0.15, 0.2) is 67.1 Å². The van der Waals surface area contributed by atoms with E-state index in [1.807, 2.05) is 0 Å². The summed E-state index contributed by atoms with van der Waals surface area (Å²) in [5, 5.41) is 7.76. The van der Waals surface area contributed by atoms with Gasteiger partial charge in [0.2, 0.25) is 10.0 Å². The monoisotopic (exact) mass is 439 g/mol. The van der Waals surface area contributed by atoms with Crippen molar-refractivity contribution in [2.75, 3.05) is 11.0 Å². The Balaban J connectivity index is 1.51. The van der Waals surface area contributed by atoms with Crippen molar-refractivity contribution in [1.29, 1.82) is 0 Å². The molecule has 0 aliphatic carbocycles. The summed E-state index contributed by atoms with van der Waals surface area (Å²) >= 11 is 0. The highest BCUT2D eigenvalue weighted by molar-refractivity contribution is 7.92. The van der Waals surface area contributed by atoms with Crippen LogP contribution in [0.3, 0.4) is 0 Å². The molecular formula is C21H18FN5O3S. The molecule has 2 aromatic heterocycles. The second kappa shape index (κ2) is 8.15. The fourth-order valence-corrected chi connectivity index (χ4v) is 3.66. The number of fused-ring (bicyclic) bond motifs is 1. The smallest absolute Gasteiger partial charge is 0.253 e. The topological polar surface area (TPSA) is 106 Å². The van der Waals surface area contributed by atoms with E-state index in [0.717, 1.165) is 11.8 Å². The van der Waals surface area contributed by atoms with Gasteiger partial charge in [-0.3, -0.25) is 14.5 Å². The number of anilines is 1. The van der Waals surface area contributed by atoms with Crippen molar-refractivity contribution in [1.82, 2.24) is 20.1 Å². The number of hydrogen-bond donors (Lipinski definition) is 2. The van der Waals surface area contributed by atoms with Crippen LogP contribution < -0.4 is 10.0 Å². The maximum Gasteiger partial charge on any atom is 0.253 e. The van der Waals surface area contributed by atoms with Crippen molar-refractivity contribution >= 4 is 32.5 Å². The second-order valence-electron chi connectivity index (χ2n) is 6.91. The molecule has 1 amide bonds. The summed E-state index contributed by atoms with van der Waals surface area (Å²) in [7, 11) is -3.35. The van der Waals surface area contributed by atoms with Crippen molar-refractivity contribution in [3.63, 3.8) is 0 Å². The van der Waals surface area contributed by atoms with Gasteiger partial charge in [-0.25, -0.2) is 17.5 Å². The summed E-state index contributed by atoms with van der Waals surface area (Å²) in [6.07, 6.45) is 5.71. The molecule has 0 atom stereocenters. The molecule has 4 aromatic rings. The van der Waals surface area contributed by atoms with Crippen molar-refractivity contribution < 1.29 is 17.6 Å². The van der Waals surface area contributed by atoms with E-state index in [-0.39, 0.29) is 18.3 Å². The number of carbonyl (C=O) groups is 1. The van der Waals surface area contributed by atoms with Crippen LogP contribution in [0.25, 0.3) is 16.6 Å². The van der Waals surface area contributed by atoms with Gasteiger partial charge >= 0.3 is 0 Å². The average Bonchev–Trinajstić information content (AvgIpc) is 3.17. The lowest BCUT2D eigenvalue weighted by atomic mass is 10.1. The predicted octanol–water partition coefficient (Wildman–Crippen LogP) is 2.86. The van der Waals surface area contributed by atoms with Crippen LogP contribution in [0.1, 0.15) is 15.9 Å². The number of pyridine rings is 1. The fourth-order valence-electron chi connectivity index (χ4n) is 3.09. The van der Waals surface area contributed by atoms with E-state index in [2.05, 4.69) is 20.1 Å². The molecule has 0 bridgehead atoms. The Bertz CT molecular complexity index is 1350. The summed E-state index contributed by atoms with van der Waals surface area (Å²) in [6, 6.07) is 12.5. The third-order valence-corrected chi connectivity index (χ3v) is 5.13. The highest BCUT2D eigenvalue weighted by atomic mass is 32.2. The van der Waals surface area contributed by atoms with Crippen LogP contribution in [-0.4, -0.2) is 35.3 Å². The van der Waals surface area contributed by atoms with Gasteiger partial charge in [-0.2, -0.15) is 5.10 Å². The maximum absolute atomic E-state index is 13.2. The fraction of sp³-hybridized carbons (Fsp3) is 0.0952. The molecule has 2 aromatic carbocycles. The van der Waals surface area contributed by atoms with Crippen molar-refractivity contribution in [3.05, 3.63) is 84.1 Å². The zero-order valence-electron chi connectivity index (χ0n) is 16.4. The maximum atomic E-state index is 13.2. The summed E-state index contributed by atoms with van der Waals surface area (Å²) in [5.41, 5.74) is 2.88. The Morgan fingerprint density at radius 1 is 1.03 bits per heavy atom. The lowest BCUT2D eigenvalue weighted by molar-refractivity contribution is 0.0952. The Morgan fingerprint density at radius 3 is 2.42 bits per heavy atom. The third-order valence-electron chi connectivity index (χ3n) is 4.52. The van der Waals surface area contributed by atoms with Crippen LogP contribution in [0.4, 0.5) is 10.1 Å². The number of nitrogens with one attached hydrogen (secondary N) is 2. The van der Waals surface area contributed by atoms with Gasteiger partial charge in [-0.1, -0.05) is 12.1 Å². The molecule has 2 heterocycles. The van der Waals surface area contributed by atoms with Crippen molar-refractivity contribution in [3.8, 4) is 5.69 Å². The summed E-state index contributed by atoms with van der Waals surface area (Å²) < 4.78 is 39.7. The van der Waals surface area contributed by atoms with Gasteiger partial charge in [-0.05, 0) is 42.0 Å². The first-order valence-corrected chi connectivity index (χ1v) is 11.1. The van der Waals surface area contributed by atoms with E-state index in [9.17, 15) is 17.6 Å². The number of amides is 1. The van der Waals surface area contributed by atoms with Crippen LogP contribution in [0.2, 0.25) is 0 Å². The summed E-state index contributed by atoms with van der Waals surface area (Å²) in [4.78, 5) is 16.9. The molecule has 10 heteroatoms. The molecule has 2 N–H and O–H groups in total. The van der Waals surface area contributed by atoms with Gasteiger partial charge in [0.1, 0.15) is 5.82 Å². The standard InChI is InChI=1S/C21H18FN5O3S/c1-31(29,30)26-16-6-2-14(3-7-16)10-24-21(28)19-11-23-13-20-18(19)12-25-27(20)17-8-4-15(22)5-9-17/h2-9,11-13,26H,10H2,1H3,(H,24,28). The molecule has 0 unspecified atom stereocenters. The molecule has 0 saturated heterocycles. The largest absolute Gasteiger partial charge is 0.348 e. The number of halogens is 1. The van der Waals surface area contributed by atoms with Gasteiger partial charge in [0.15, 0.2) is 0 Å². The number of carbonyl (C=O) groups excluding carboxylic acids is 1. The SMILES string of the molecule is CS(=O)(=O)Nc1ccc(CNC(=O)c2cncc3c2cnn3-c2ccc(F)cc2)cc1. The Hall–Kier alpha value is -3.79. The van der Waals surface area contributed by atoms with Crippen LogP contribution in [-0.2, 0) is 16.6 Å². The zero-order chi connectivity index (χ0) is 22.0. The second-order valence-corrected chi connectivity index (χ2v) is 8.65. The molecule has 0 fully saturated rings. The van der Waals surface area contributed by atoms with E-state index < -0.39 is 10.0 Å². The minimum absolute atomic E-state index is 0.250. The van der Waals surface area contributed by atoms with Crippen molar-refractivity contribution in [2.45, 2.75) is 6.54 Å². The van der Waals surface area contributed by atoms with Crippen LogP contribution in [0.5, 0.6) is 0 Å². The van der Waals surface area contributed by atoms with Crippen LogP contribution >= 0.6 is 0 Å². The molecule has 0 saturated carbocycles.